The molecule has 0 amide bonds. The molecule has 3 aliphatic rings. The van der Waals surface area contributed by atoms with E-state index in [2.05, 4.69) is 32.7 Å². The molecule has 4 rings (SSSR count). The third-order valence-electron chi connectivity index (χ3n) is 6.42. The smallest absolute Gasteiger partial charge is 0.193 e. The predicted molar refractivity (Wildman–Crippen MR) is 111 cm³/mol. The lowest BCUT2D eigenvalue weighted by molar-refractivity contribution is -0.0817. The van der Waals surface area contributed by atoms with Gasteiger partial charge < -0.3 is 19.7 Å². The van der Waals surface area contributed by atoms with Crippen molar-refractivity contribution in [1.82, 2.24) is 10.2 Å². The van der Waals surface area contributed by atoms with Gasteiger partial charge in [0.05, 0.1) is 12.7 Å². The number of guanidine groups is 1. The number of hydrogen-bond acceptors (Lipinski definition) is 4. The van der Waals surface area contributed by atoms with Crippen LogP contribution in [0.5, 0.6) is 0 Å². The fourth-order valence-electron chi connectivity index (χ4n) is 4.89. The lowest BCUT2D eigenvalue weighted by Crippen LogP contribution is -2.55. The molecule has 6 heteroatoms. The molecule has 3 fully saturated rings. The number of rotatable bonds is 4. The molecule has 2 saturated heterocycles. The zero-order chi connectivity index (χ0) is 18.5. The van der Waals surface area contributed by atoms with Crippen LogP contribution in [0.4, 0.5) is 0 Å². The van der Waals surface area contributed by atoms with E-state index in [9.17, 15) is 0 Å². The van der Waals surface area contributed by atoms with Gasteiger partial charge in [0.25, 0.3) is 0 Å². The number of ether oxygens (including phenoxy) is 2. The minimum absolute atomic E-state index is 0.167. The first-order valence-electron chi connectivity index (χ1n) is 10.5. The van der Waals surface area contributed by atoms with Gasteiger partial charge in [-0.25, -0.2) is 0 Å². The molecule has 150 valence electrons. The van der Waals surface area contributed by atoms with Gasteiger partial charge in [-0.3, -0.25) is 4.99 Å². The Labute approximate surface area is 167 Å². The van der Waals surface area contributed by atoms with Crippen LogP contribution in [0.15, 0.2) is 22.5 Å². The van der Waals surface area contributed by atoms with Gasteiger partial charge in [-0.2, -0.15) is 0 Å². The predicted octanol–water partition coefficient (Wildman–Crippen LogP) is 3.41. The molecule has 0 spiro atoms. The van der Waals surface area contributed by atoms with E-state index in [-0.39, 0.29) is 17.6 Å². The highest BCUT2D eigenvalue weighted by atomic mass is 32.1. The van der Waals surface area contributed by atoms with Crippen molar-refractivity contribution in [2.75, 3.05) is 39.9 Å². The summed E-state index contributed by atoms with van der Waals surface area (Å²) in [5.41, 5.74) is 0.266. The molecule has 1 aromatic heterocycles. The number of hydrogen-bond donors (Lipinski definition) is 1. The summed E-state index contributed by atoms with van der Waals surface area (Å²) in [5.74, 6) is 1.02. The number of nitrogens with zero attached hydrogens (tertiary/aromatic N) is 2. The number of thiophene rings is 1. The Bertz CT molecular complexity index is 607. The van der Waals surface area contributed by atoms with Gasteiger partial charge in [0.2, 0.25) is 0 Å². The van der Waals surface area contributed by atoms with Crippen LogP contribution in [0.25, 0.3) is 0 Å². The van der Waals surface area contributed by atoms with Gasteiger partial charge in [0, 0.05) is 43.6 Å². The normalized spacial score (nSPS) is 29.1. The molecule has 27 heavy (non-hydrogen) atoms. The molecular weight excluding hydrogens is 358 g/mol. The van der Waals surface area contributed by atoms with Gasteiger partial charge in [-0.1, -0.05) is 25.3 Å². The molecule has 2 aliphatic heterocycles. The Morgan fingerprint density at radius 1 is 1.22 bits per heavy atom. The Morgan fingerprint density at radius 2 is 2.07 bits per heavy atom. The van der Waals surface area contributed by atoms with E-state index in [1.54, 1.807) is 0 Å². The molecule has 1 N–H and O–H groups in total. The topological polar surface area (TPSA) is 46.1 Å². The molecule has 0 bridgehead atoms. The van der Waals surface area contributed by atoms with Crippen LogP contribution in [-0.4, -0.2) is 63.0 Å². The molecule has 0 radical (unpaired) electrons. The Balaban J connectivity index is 1.40. The van der Waals surface area contributed by atoms with Crippen LogP contribution >= 0.6 is 11.3 Å². The first-order chi connectivity index (χ1) is 13.3. The van der Waals surface area contributed by atoms with Crippen molar-refractivity contribution in [2.45, 2.75) is 62.6 Å². The fourth-order valence-corrected chi connectivity index (χ4v) is 5.88. The van der Waals surface area contributed by atoms with E-state index < -0.39 is 0 Å². The van der Waals surface area contributed by atoms with Crippen molar-refractivity contribution >= 4 is 17.3 Å². The van der Waals surface area contributed by atoms with Gasteiger partial charge in [0.1, 0.15) is 6.10 Å². The van der Waals surface area contributed by atoms with Gasteiger partial charge in [-0.05, 0) is 37.1 Å². The summed E-state index contributed by atoms with van der Waals surface area (Å²) in [6.45, 7) is 4.37. The maximum Gasteiger partial charge on any atom is 0.193 e. The van der Waals surface area contributed by atoms with E-state index >= 15 is 0 Å². The summed E-state index contributed by atoms with van der Waals surface area (Å²) in [6.07, 6.45) is 9.27. The summed E-state index contributed by atoms with van der Waals surface area (Å²) in [4.78, 5) is 8.50. The van der Waals surface area contributed by atoms with Gasteiger partial charge >= 0.3 is 0 Å². The van der Waals surface area contributed by atoms with Crippen LogP contribution in [0.2, 0.25) is 0 Å². The molecule has 3 heterocycles. The average Bonchev–Trinajstić information content (AvgIpc) is 3.44. The third-order valence-corrected chi connectivity index (χ3v) is 7.54. The van der Waals surface area contributed by atoms with E-state index in [0.717, 1.165) is 51.6 Å². The average molecular weight is 392 g/mol. The van der Waals surface area contributed by atoms with Crippen molar-refractivity contribution in [3.8, 4) is 0 Å². The standard InChI is InChI=1S/C21H33N3O2S/c1-22-20(24-11-13-26-18(15-24)17-7-5-12-25-17)23-16-21(9-3-2-4-10-21)19-8-6-14-27-19/h6,8,14,17-18H,2-5,7,9-13,15-16H2,1H3,(H,22,23). The van der Waals surface area contributed by atoms with Crippen molar-refractivity contribution in [1.29, 1.82) is 0 Å². The minimum atomic E-state index is 0.167. The highest BCUT2D eigenvalue weighted by Crippen LogP contribution is 2.41. The number of aliphatic imine (C=N–C) groups is 1. The van der Waals surface area contributed by atoms with Gasteiger partial charge in [-0.15, -0.1) is 11.3 Å². The van der Waals surface area contributed by atoms with Crippen LogP contribution in [0.3, 0.4) is 0 Å². The van der Waals surface area contributed by atoms with E-state index in [4.69, 9.17) is 9.47 Å². The molecule has 1 aliphatic carbocycles. The third kappa shape index (κ3) is 4.33. The molecule has 5 nitrogen and oxygen atoms in total. The van der Waals surface area contributed by atoms with Crippen LogP contribution in [0, 0.1) is 0 Å². The molecule has 1 aromatic rings. The molecule has 2 unspecified atom stereocenters. The summed E-state index contributed by atoms with van der Waals surface area (Å²) < 4.78 is 11.9. The summed E-state index contributed by atoms with van der Waals surface area (Å²) in [5, 5.41) is 5.95. The first kappa shape index (κ1) is 19.2. The van der Waals surface area contributed by atoms with Gasteiger partial charge in [0.15, 0.2) is 5.96 Å². The first-order valence-corrected chi connectivity index (χ1v) is 11.4. The second-order valence-corrected chi connectivity index (χ2v) is 9.07. The Morgan fingerprint density at radius 3 is 2.78 bits per heavy atom. The second-order valence-electron chi connectivity index (χ2n) is 8.13. The van der Waals surface area contributed by atoms with Crippen molar-refractivity contribution in [2.24, 2.45) is 4.99 Å². The molecule has 1 saturated carbocycles. The lowest BCUT2D eigenvalue weighted by Gasteiger charge is -2.40. The van der Waals surface area contributed by atoms with E-state index in [1.807, 2.05) is 18.4 Å². The quantitative estimate of drug-likeness (QED) is 0.631. The second kappa shape index (κ2) is 8.93. The number of nitrogens with one attached hydrogen (secondary N) is 1. The van der Waals surface area contributed by atoms with Crippen LogP contribution in [0.1, 0.15) is 49.8 Å². The lowest BCUT2D eigenvalue weighted by atomic mass is 9.73. The maximum atomic E-state index is 6.01. The Kier molecular flexibility index (Phi) is 6.35. The SMILES string of the molecule is CN=C(NCC1(c2cccs2)CCCCC1)N1CCOC(C2CCCO2)C1. The Hall–Kier alpha value is -1.11. The zero-order valence-electron chi connectivity index (χ0n) is 16.5. The zero-order valence-corrected chi connectivity index (χ0v) is 17.3. The summed E-state index contributed by atoms with van der Waals surface area (Å²) in [7, 11) is 1.90. The largest absolute Gasteiger partial charge is 0.375 e. The maximum absolute atomic E-state index is 6.01. The molecule has 0 aromatic carbocycles. The van der Waals surface area contributed by atoms with E-state index in [1.165, 1.54) is 37.0 Å². The van der Waals surface area contributed by atoms with Crippen LogP contribution < -0.4 is 5.32 Å². The summed E-state index contributed by atoms with van der Waals surface area (Å²) in [6, 6.07) is 4.52. The monoisotopic (exact) mass is 391 g/mol. The highest BCUT2D eigenvalue weighted by Gasteiger charge is 2.36. The van der Waals surface area contributed by atoms with Crippen molar-refractivity contribution in [3.63, 3.8) is 0 Å². The van der Waals surface area contributed by atoms with Crippen molar-refractivity contribution in [3.05, 3.63) is 22.4 Å². The summed E-state index contributed by atoms with van der Waals surface area (Å²) >= 11 is 1.91. The minimum Gasteiger partial charge on any atom is -0.375 e. The fraction of sp³-hybridized carbons (Fsp3) is 0.762. The van der Waals surface area contributed by atoms with Crippen LogP contribution in [-0.2, 0) is 14.9 Å². The highest BCUT2D eigenvalue weighted by molar-refractivity contribution is 7.10. The van der Waals surface area contributed by atoms with Crippen molar-refractivity contribution < 1.29 is 9.47 Å². The van der Waals surface area contributed by atoms with E-state index in [0.29, 0.717) is 0 Å². The number of morpholine rings is 1. The molecular formula is C21H33N3O2S. The molecule has 2 atom stereocenters.